The second kappa shape index (κ2) is 6.07. The first-order chi connectivity index (χ1) is 11.0. The fraction of sp³-hybridized carbons (Fsp3) is 0.444. The average Bonchev–Trinajstić information content (AvgIpc) is 3.04. The average molecular weight is 313 g/mol. The summed E-state index contributed by atoms with van der Waals surface area (Å²) < 4.78 is 5.28. The SMILES string of the molecule is Cc1cc(C)cc(NC(=O)N2CCC[C@@H]2c2c(C)noc2C)c1. The minimum atomic E-state index is -0.0579. The number of aromatic nitrogens is 1. The van der Waals surface area contributed by atoms with Gasteiger partial charge in [-0.25, -0.2) is 4.79 Å². The van der Waals surface area contributed by atoms with E-state index in [1.807, 2.05) is 44.7 Å². The summed E-state index contributed by atoms with van der Waals surface area (Å²) in [5.41, 5.74) is 5.06. The topological polar surface area (TPSA) is 58.4 Å². The first-order valence-corrected chi connectivity index (χ1v) is 8.04. The molecule has 0 radical (unpaired) electrons. The van der Waals surface area contributed by atoms with Crippen molar-refractivity contribution in [2.45, 2.75) is 46.6 Å². The molecule has 0 unspecified atom stereocenters. The quantitative estimate of drug-likeness (QED) is 0.900. The number of rotatable bonds is 2. The van der Waals surface area contributed by atoms with E-state index in [0.717, 1.165) is 53.2 Å². The highest BCUT2D eigenvalue weighted by atomic mass is 16.5. The largest absolute Gasteiger partial charge is 0.361 e. The number of carbonyl (C=O) groups is 1. The maximum Gasteiger partial charge on any atom is 0.322 e. The van der Waals surface area contributed by atoms with E-state index < -0.39 is 0 Å². The molecule has 1 aromatic heterocycles. The summed E-state index contributed by atoms with van der Waals surface area (Å²) in [4.78, 5) is 14.6. The molecule has 2 amide bonds. The summed E-state index contributed by atoms with van der Waals surface area (Å²) in [6.07, 6.45) is 1.94. The maximum atomic E-state index is 12.7. The summed E-state index contributed by atoms with van der Waals surface area (Å²) in [7, 11) is 0. The fourth-order valence-electron chi connectivity index (χ4n) is 3.52. The Hall–Kier alpha value is -2.30. The molecule has 2 heterocycles. The summed E-state index contributed by atoms with van der Waals surface area (Å²) in [5.74, 6) is 0.804. The van der Waals surface area contributed by atoms with Gasteiger partial charge in [0.05, 0.1) is 11.7 Å². The number of nitrogens with one attached hydrogen (secondary N) is 1. The van der Waals surface area contributed by atoms with E-state index in [0.29, 0.717) is 0 Å². The number of urea groups is 1. The van der Waals surface area contributed by atoms with Gasteiger partial charge in [-0.3, -0.25) is 0 Å². The Morgan fingerprint density at radius 2 is 1.91 bits per heavy atom. The van der Waals surface area contributed by atoms with Crippen LogP contribution in [-0.2, 0) is 0 Å². The fourth-order valence-corrected chi connectivity index (χ4v) is 3.52. The Kier molecular flexibility index (Phi) is 4.11. The highest BCUT2D eigenvalue weighted by Crippen LogP contribution is 2.35. The molecule has 5 nitrogen and oxygen atoms in total. The molecule has 0 aliphatic carbocycles. The number of aryl methyl sites for hydroxylation is 4. The van der Waals surface area contributed by atoms with E-state index in [-0.39, 0.29) is 12.1 Å². The molecular weight excluding hydrogens is 290 g/mol. The molecule has 122 valence electrons. The van der Waals surface area contributed by atoms with E-state index in [1.165, 1.54) is 0 Å². The zero-order chi connectivity index (χ0) is 16.6. The van der Waals surface area contributed by atoms with Gasteiger partial charge in [0.25, 0.3) is 0 Å². The number of likely N-dealkylation sites (tertiary alicyclic amines) is 1. The van der Waals surface area contributed by atoms with Gasteiger partial charge < -0.3 is 14.7 Å². The normalized spacial score (nSPS) is 17.6. The highest BCUT2D eigenvalue weighted by Gasteiger charge is 2.33. The number of carbonyl (C=O) groups excluding carboxylic acids is 1. The van der Waals surface area contributed by atoms with Gasteiger partial charge in [0, 0.05) is 17.8 Å². The predicted octanol–water partition coefficient (Wildman–Crippen LogP) is 4.28. The van der Waals surface area contributed by atoms with Crippen LogP contribution in [0.1, 0.15) is 47.0 Å². The lowest BCUT2D eigenvalue weighted by Gasteiger charge is -2.25. The number of amides is 2. The van der Waals surface area contributed by atoms with Gasteiger partial charge >= 0.3 is 6.03 Å². The van der Waals surface area contributed by atoms with Crippen molar-refractivity contribution in [3.05, 3.63) is 46.3 Å². The lowest BCUT2D eigenvalue weighted by Crippen LogP contribution is -2.34. The lowest BCUT2D eigenvalue weighted by molar-refractivity contribution is 0.206. The molecule has 1 aliphatic rings. The molecule has 3 rings (SSSR count). The lowest BCUT2D eigenvalue weighted by atomic mass is 10.0. The summed E-state index contributed by atoms with van der Waals surface area (Å²) in [6, 6.07) is 6.07. The predicted molar refractivity (Wildman–Crippen MR) is 89.6 cm³/mol. The van der Waals surface area contributed by atoms with Crippen molar-refractivity contribution in [2.75, 3.05) is 11.9 Å². The molecule has 1 saturated heterocycles. The van der Waals surface area contributed by atoms with Crippen LogP contribution < -0.4 is 5.32 Å². The molecule has 23 heavy (non-hydrogen) atoms. The molecule has 1 N–H and O–H groups in total. The van der Waals surface area contributed by atoms with Crippen LogP contribution in [0.15, 0.2) is 22.7 Å². The Morgan fingerprint density at radius 3 is 2.52 bits per heavy atom. The van der Waals surface area contributed by atoms with Gasteiger partial charge in [-0.05, 0) is 63.8 Å². The van der Waals surface area contributed by atoms with Gasteiger partial charge in [0.2, 0.25) is 0 Å². The molecule has 1 fully saturated rings. The molecule has 1 aromatic carbocycles. The molecule has 1 atom stereocenters. The standard InChI is InChI=1S/C18H23N3O2/c1-11-8-12(2)10-15(9-11)19-18(22)21-7-5-6-16(21)17-13(3)20-23-14(17)4/h8-10,16H,5-7H2,1-4H3,(H,19,22)/t16-/m1/s1. The summed E-state index contributed by atoms with van der Waals surface area (Å²) >= 11 is 0. The van der Waals surface area contributed by atoms with Crippen LogP contribution in [0.25, 0.3) is 0 Å². The molecule has 2 aromatic rings. The number of benzene rings is 1. The van der Waals surface area contributed by atoms with Crippen LogP contribution in [0, 0.1) is 27.7 Å². The van der Waals surface area contributed by atoms with Crippen LogP contribution >= 0.6 is 0 Å². The monoisotopic (exact) mass is 313 g/mol. The highest BCUT2D eigenvalue weighted by molar-refractivity contribution is 5.90. The Labute approximate surface area is 136 Å². The molecule has 0 spiro atoms. The van der Waals surface area contributed by atoms with E-state index in [9.17, 15) is 4.79 Å². The van der Waals surface area contributed by atoms with Crippen molar-refractivity contribution in [1.82, 2.24) is 10.1 Å². The summed E-state index contributed by atoms with van der Waals surface area (Å²) in [6.45, 7) is 8.67. The third-order valence-electron chi connectivity index (χ3n) is 4.41. The zero-order valence-electron chi connectivity index (χ0n) is 14.1. The first-order valence-electron chi connectivity index (χ1n) is 8.04. The minimum Gasteiger partial charge on any atom is -0.361 e. The summed E-state index contributed by atoms with van der Waals surface area (Å²) in [5, 5.41) is 7.06. The van der Waals surface area contributed by atoms with Crippen molar-refractivity contribution in [2.24, 2.45) is 0 Å². The van der Waals surface area contributed by atoms with E-state index in [2.05, 4.69) is 16.5 Å². The minimum absolute atomic E-state index is 0.0483. The molecule has 1 aliphatic heterocycles. The molecular formula is C18H23N3O2. The van der Waals surface area contributed by atoms with Crippen molar-refractivity contribution >= 4 is 11.7 Å². The van der Waals surface area contributed by atoms with Crippen molar-refractivity contribution in [3.63, 3.8) is 0 Å². The van der Waals surface area contributed by atoms with E-state index >= 15 is 0 Å². The van der Waals surface area contributed by atoms with Gasteiger partial charge in [0.1, 0.15) is 5.76 Å². The Balaban J connectivity index is 1.81. The van der Waals surface area contributed by atoms with Crippen molar-refractivity contribution < 1.29 is 9.32 Å². The second-order valence-electron chi connectivity index (χ2n) is 6.40. The van der Waals surface area contributed by atoms with Crippen LogP contribution in [0.3, 0.4) is 0 Å². The maximum absolute atomic E-state index is 12.7. The molecule has 0 bridgehead atoms. The Bertz CT molecular complexity index is 696. The second-order valence-corrected chi connectivity index (χ2v) is 6.40. The third kappa shape index (κ3) is 3.09. The van der Waals surface area contributed by atoms with Gasteiger partial charge in [-0.1, -0.05) is 11.2 Å². The number of anilines is 1. The van der Waals surface area contributed by atoms with Crippen molar-refractivity contribution in [1.29, 1.82) is 0 Å². The van der Waals surface area contributed by atoms with Crippen LogP contribution in [0.4, 0.5) is 10.5 Å². The first kappa shape index (κ1) is 15.6. The third-order valence-corrected chi connectivity index (χ3v) is 4.41. The number of nitrogens with zero attached hydrogens (tertiary/aromatic N) is 2. The molecule has 5 heteroatoms. The number of hydrogen-bond acceptors (Lipinski definition) is 3. The van der Waals surface area contributed by atoms with Gasteiger partial charge in [-0.2, -0.15) is 0 Å². The number of hydrogen-bond donors (Lipinski definition) is 1. The van der Waals surface area contributed by atoms with Gasteiger partial charge in [0.15, 0.2) is 0 Å². The van der Waals surface area contributed by atoms with Crippen LogP contribution in [0.2, 0.25) is 0 Å². The van der Waals surface area contributed by atoms with Crippen LogP contribution in [-0.4, -0.2) is 22.6 Å². The smallest absolute Gasteiger partial charge is 0.322 e. The molecule has 0 saturated carbocycles. The van der Waals surface area contributed by atoms with E-state index in [1.54, 1.807) is 0 Å². The van der Waals surface area contributed by atoms with E-state index in [4.69, 9.17) is 4.52 Å². The zero-order valence-corrected chi connectivity index (χ0v) is 14.1. The van der Waals surface area contributed by atoms with Crippen molar-refractivity contribution in [3.8, 4) is 0 Å². The Morgan fingerprint density at radius 1 is 1.22 bits per heavy atom. The van der Waals surface area contributed by atoms with Crippen LogP contribution in [0.5, 0.6) is 0 Å². The van der Waals surface area contributed by atoms with Gasteiger partial charge in [-0.15, -0.1) is 0 Å².